The van der Waals surface area contributed by atoms with Gasteiger partial charge in [0.05, 0.1) is 7.11 Å². The molecule has 0 atom stereocenters. The van der Waals surface area contributed by atoms with E-state index in [1.165, 1.54) is 0 Å². The average Bonchev–Trinajstić information content (AvgIpc) is 2.89. The summed E-state index contributed by atoms with van der Waals surface area (Å²) in [6.45, 7) is 8.49. The van der Waals surface area contributed by atoms with Crippen LogP contribution in [-0.4, -0.2) is 18.4 Å². The number of carbonyl (C=O) groups excluding carboxylic acids is 1. The van der Waals surface area contributed by atoms with Crippen molar-refractivity contribution in [3.63, 3.8) is 0 Å². The highest BCUT2D eigenvalue weighted by atomic mass is 16.7. The Morgan fingerprint density at radius 1 is 0.541 bits per heavy atom. The Hall–Kier alpha value is -4.25. The fraction of sp³-hybridized carbons (Fsp3) is 0.219. The Labute approximate surface area is 218 Å². The second kappa shape index (κ2) is 10.4. The summed E-state index contributed by atoms with van der Waals surface area (Å²) in [5.41, 5.74) is 3.84. The van der Waals surface area contributed by atoms with Gasteiger partial charge in [0.25, 0.3) is 0 Å². The van der Waals surface area contributed by atoms with Gasteiger partial charge >= 0.3 is 6.16 Å². The molecule has 0 aromatic heterocycles. The summed E-state index contributed by atoms with van der Waals surface area (Å²) in [6.07, 6.45) is -0.798. The number of hydrogen-bond acceptors (Lipinski definition) is 5. The first-order valence-electron chi connectivity index (χ1n) is 12.1. The maximum atomic E-state index is 12.4. The van der Waals surface area contributed by atoms with Crippen molar-refractivity contribution in [1.29, 1.82) is 0 Å². The Morgan fingerprint density at radius 2 is 0.838 bits per heavy atom. The number of phenolic OH excluding ortho intramolecular Hbond substituents is 1. The lowest BCUT2D eigenvalue weighted by Gasteiger charge is -2.26. The third-order valence-corrected chi connectivity index (χ3v) is 6.96. The van der Waals surface area contributed by atoms with E-state index in [0.29, 0.717) is 11.5 Å². The SMILES string of the molecule is COc1ccc(C(C)(C)c2ccc(OC(=O)Oc3ccc(C(C)(C)c4ccc(O)cc4)cc3)cc2)cc1. The Kier molecular flexibility index (Phi) is 7.25. The number of benzene rings is 4. The number of rotatable bonds is 7. The third kappa shape index (κ3) is 5.78. The molecule has 4 rings (SSSR count). The van der Waals surface area contributed by atoms with Gasteiger partial charge in [-0.1, -0.05) is 76.2 Å². The Balaban J connectivity index is 1.39. The molecule has 37 heavy (non-hydrogen) atoms. The van der Waals surface area contributed by atoms with Gasteiger partial charge in [0.15, 0.2) is 0 Å². The molecule has 0 unspecified atom stereocenters. The van der Waals surface area contributed by atoms with E-state index in [4.69, 9.17) is 14.2 Å². The van der Waals surface area contributed by atoms with Gasteiger partial charge in [0, 0.05) is 10.8 Å². The van der Waals surface area contributed by atoms with Crippen LogP contribution in [0.1, 0.15) is 49.9 Å². The second-order valence-electron chi connectivity index (χ2n) is 10.0. The molecule has 0 fully saturated rings. The lowest BCUT2D eigenvalue weighted by molar-refractivity contribution is 0.152. The summed E-state index contributed by atoms with van der Waals surface area (Å²) >= 11 is 0. The predicted octanol–water partition coefficient (Wildman–Crippen LogP) is 7.63. The van der Waals surface area contributed by atoms with Gasteiger partial charge in [-0.15, -0.1) is 0 Å². The minimum Gasteiger partial charge on any atom is -0.508 e. The molecule has 0 spiro atoms. The van der Waals surface area contributed by atoms with Crippen LogP contribution in [-0.2, 0) is 10.8 Å². The zero-order chi connectivity index (χ0) is 26.6. The summed E-state index contributed by atoms with van der Waals surface area (Å²) in [7, 11) is 1.65. The van der Waals surface area contributed by atoms with Crippen molar-refractivity contribution < 1.29 is 24.1 Å². The highest BCUT2D eigenvalue weighted by Gasteiger charge is 2.24. The molecule has 5 heteroatoms. The molecular weight excluding hydrogens is 464 g/mol. The van der Waals surface area contributed by atoms with Crippen LogP contribution >= 0.6 is 0 Å². The van der Waals surface area contributed by atoms with Crippen molar-refractivity contribution in [2.24, 2.45) is 0 Å². The van der Waals surface area contributed by atoms with E-state index in [0.717, 1.165) is 28.0 Å². The van der Waals surface area contributed by atoms with Gasteiger partial charge in [-0.2, -0.15) is 0 Å². The topological polar surface area (TPSA) is 65.0 Å². The van der Waals surface area contributed by atoms with Gasteiger partial charge in [-0.05, 0) is 70.8 Å². The van der Waals surface area contributed by atoms with Crippen molar-refractivity contribution in [2.75, 3.05) is 7.11 Å². The van der Waals surface area contributed by atoms with E-state index in [-0.39, 0.29) is 16.6 Å². The smallest absolute Gasteiger partial charge is 0.508 e. The van der Waals surface area contributed by atoms with Crippen molar-refractivity contribution in [2.45, 2.75) is 38.5 Å². The molecule has 0 amide bonds. The summed E-state index contributed by atoms with van der Waals surface area (Å²) in [5, 5.41) is 9.57. The zero-order valence-corrected chi connectivity index (χ0v) is 21.8. The van der Waals surface area contributed by atoms with Gasteiger partial charge in [-0.3, -0.25) is 0 Å². The average molecular weight is 497 g/mol. The van der Waals surface area contributed by atoms with E-state index in [1.807, 2.05) is 48.5 Å². The van der Waals surface area contributed by atoms with Crippen LogP contribution in [0.25, 0.3) is 0 Å². The number of ether oxygens (including phenoxy) is 3. The van der Waals surface area contributed by atoms with Crippen LogP contribution in [0.15, 0.2) is 97.1 Å². The molecule has 0 heterocycles. The van der Waals surface area contributed by atoms with E-state index >= 15 is 0 Å². The summed E-state index contributed by atoms with van der Waals surface area (Å²) in [4.78, 5) is 12.4. The van der Waals surface area contributed by atoms with Crippen molar-refractivity contribution >= 4 is 6.16 Å². The fourth-order valence-electron chi connectivity index (χ4n) is 4.31. The third-order valence-electron chi connectivity index (χ3n) is 6.96. The van der Waals surface area contributed by atoms with Gasteiger partial charge in [0.1, 0.15) is 23.0 Å². The first kappa shape index (κ1) is 25.8. The van der Waals surface area contributed by atoms with Crippen LogP contribution < -0.4 is 14.2 Å². The predicted molar refractivity (Wildman–Crippen MR) is 145 cm³/mol. The largest absolute Gasteiger partial charge is 0.519 e. The summed E-state index contributed by atoms with van der Waals surface area (Å²) in [5.74, 6) is 1.85. The van der Waals surface area contributed by atoms with E-state index in [2.05, 4.69) is 39.8 Å². The molecular formula is C32H32O5. The molecule has 190 valence electrons. The fourth-order valence-corrected chi connectivity index (χ4v) is 4.31. The van der Waals surface area contributed by atoms with Crippen LogP contribution in [0.2, 0.25) is 0 Å². The molecule has 0 aliphatic carbocycles. The van der Waals surface area contributed by atoms with E-state index in [1.54, 1.807) is 43.5 Å². The van der Waals surface area contributed by atoms with Crippen molar-refractivity contribution in [1.82, 2.24) is 0 Å². The highest BCUT2D eigenvalue weighted by Crippen LogP contribution is 2.34. The monoisotopic (exact) mass is 496 g/mol. The molecule has 0 aliphatic heterocycles. The number of phenols is 1. The standard InChI is InChI=1S/C32H32O5/c1-31(2,22-6-14-26(33)15-7-22)24-10-18-28(19-11-24)36-30(34)37-29-20-12-25(13-21-29)32(3,4)23-8-16-27(35-5)17-9-23/h6-21,33H,1-5H3. The minimum absolute atomic E-state index is 0.234. The Bertz CT molecular complexity index is 1330. The van der Waals surface area contributed by atoms with Crippen LogP contribution in [0.3, 0.4) is 0 Å². The molecule has 1 N–H and O–H groups in total. The highest BCUT2D eigenvalue weighted by molar-refractivity contribution is 5.67. The van der Waals surface area contributed by atoms with E-state index < -0.39 is 6.16 Å². The molecule has 5 nitrogen and oxygen atoms in total. The van der Waals surface area contributed by atoms with Gasteiger partial charge < -0.3 is 19.3 Å². The first-order valence-corrected chi connectivity index (χ1v) is 12.1. The van der Waals surface area contributed by atoms with Crippen LogP contribution in [0, 0.1) is 0 Å². The lowest BCUT2D eigenvalue weighted by Crippen LogP contribution is -2.19. The molecule has 4 aromatic rings. The number of carbonyl (C=O) groups is 1. The number of methoxy groups -OCH3 is 1. The first-order chi connectivity index (χ1) is 17.6. The molecule has 4 aromatic carbocycles. The quantitative estimate of drug-likeness (QED) is 0.210. The van der Waals surface area contributed by atoms with Crippen molar-refractivity contribution in [3.05, 3.63) is 119 Å². The van der Waals surface area contributed by atoms with Crippen LogP contribution in [0.4, 0.5) is 4.79 Å². The maximum Gasteiger partial charge on any atom is 0.519 e. The Morgan fingerprint density at radius 3 is 1.16 bits per heavy atom. The summed E-state index contributed by atoms with van der Waals surface area (Å²) < 4.78 is 16.0. The molecule has 0 radical (unpaired) electrons. The molecule has 0 bridgehead atoms. The lowest BCUT2D eigenvalue weighted by atomic mass is 9.78. The van der Waals surface area contributed by atoms with Gasteiger partial charge in [0.2, 0.25) is 0 Å². The van der Waals surface area contributed by atoms with Gasteiger partial charge in [-0.25, -0.2) is 4.79 Å². The number of hydrogen-bond donors (Lipinski definition) is 1. The zero-order valence-electron chi connectivity index (χ0n) is 21.8. The van der Waals surface area contributed by atoms with E-state index in [9.17, 15) is 9.90 Å². The minimum atomic E-state index is -0.798. The number of aromatic hydroxyl groups is 1. The second-order valence-corrected chi connectivity index (χ2v) is 10.0. The molecule has 0 saturated heterocycles. The van der Waals surface area contributed by atoms with Crippen molar-refractivity contribution in [3.8, 4) is 23.0 Å². The molecule has 0 aliphatic rings. The van der Waals surface area contributed by atoms with Crippen LogP contribution in [0.5, 0.6) is 23.0 Å². The molecule has 0 saturated carbocycles. The normalized spacial score (nSPS) is 11.6. The maximum absolute atomic E-state index is 12.4. The summed E-state index contributed by atoms with van der Waals surface area (Å²) in [6, 6.07) is 30.0.